The van der Waals surface area contributed by atoms with E-state index in [9.17, 15) is 12.8 Å². The molecule has 4 nitrogen and oxygen atoms in total. The van der Waals surface area contributed by atoms with Crippen molar-refractivity contribution in [2.75, 3.05) is 0 Å². The molecule has 1 aromatic heterocycles. The molecule has 0 aliphatic rings. The van der Waals surface area contributed by atoms with Crippen LogP contribution in [0.25, 0.3) is 11.0 Å². The molecule has 74 valence electrons. The first-order valence-electron chi connectivity index (χ1n) is 3.56. The molecule has 1 heterocycles. The number of nitrogens with one attached hydrogen (secondary N) is 1. The Labute approximate surface area is 83.1 Å². The number of benzene rings is 1. The number of fused-ring (bicyclic) bond motifs is 1. The molecular weight excluding hydrogens is 231 g/mol. The maximum atomic E-state index is 13.1. The second kappa shape index (κ2) is 2.93. The predicted octanol–water partition coefficient (Wildman–Crippen LogP) is 1.63. The monoisotopic (exact) mass is 234 g/mol. The van der Waals surface area contributed by atoms with E-state index in [0.29, 0.717) is 0 Å². The Kier molecular flexibility index (Phi) is 1.97. The second-order valence-corrected chi connectivity index (χ2v) is 5.14. The topological polar surface area (TPSA) is 62.8 Å². The van der Waals surface area contributed by atoms with Crippen molar-refractivity contribution >= 4 is 30.8 Å². The standard InChI is InChI=1S/C7H4ClFN2O2S/c8-14(12,13)5-2-1-4(9)6-7(5)11-3-10-6/h1-3H,(H,10,11). The molecule has 0 unspecified atom stereocenters. The van der Waals surface area contributed by atoms with E-state index in [0.717, 1.165) is 12.1 Å². The Balaban J connectivity index is 2.93. The molecule has 0 atom stereocenters. The average molecular weight is 235 g/mol. The van der Waals surface area contributed by atoms with Crippen molar-refractivity contribution in [3.8, 4) is 0 Å². The van der Waals surface area contributed by atoms with Gasteiger partial charge in [-0.15, -0.1) is 0 Å². The summed E-state index contributed by atoms with van der Waals surface area (Å²) in [6.07, 6.45) is 1.21. The van der Waals surface area contributed by atoms with Crippen LogP contribution in [-0.2, 0) is 9.05 Å². The zero-order valence-electron chi connectivity index (χ0n) is 6.66. The zero-order chi connectivity index (χ0) is 10.3. The van der Waals surface area contributed by atoms with Gasteiger partial charge in [-0.3, -0.25) is 0 Å². The van der Waals surface area contributed by atoms with Gasteiger partial charge >= 0.3 is 0 Å². The molecule has 0 fully saturated rings. The van der Waals surface area contributed by atoms with Crippen molar-refractivity contribution < 1.29 is 12.8 Å². The quantitative estimate of drug-likeness (QED) is 0.763. The highest BCUT2D eigenvalue weighted by Gasteiger charge is 2.17. The Morgan fingerprint density at radius 2 is 2.14 bits per heavy atom. The first-order valence-corrected chi connectivity index (χ1v) is 5.87. The minimum atomic E-state index is -3.88. The van der Waals surface area contributed by atoms with E-state index in [1.807, 2.05) is 0 Å². The average Bonchev–Trinajstić information content (AvgIpc) is 2.50. The number of H-pyrrole nitrogens is 1. The highest BCUT2D eigenvalue weighted by Crippen LogP contribution is 2.24. The van der Waals surface area contributed by atoms with Crippen LogP contribution in [0.2, 0.25) is 0 Å². The molecular formula is C7H4ClFN2O2S. The smallest absolute Gasteiger partial charge is 0.263 e. The number of rotatable bonds is 1. The first kappa shape index (κ1) is 9.42. The number of aromatic amines is 1. The summed E-state index contributed by atoms with van der Waals surface area (Å²) in [4.78, 5) is 5.99. The molecule has 7 heteroatoms. The third-order valence-electron chi connectivity index (χ3n) is 1.76. The van der Waals surface area contributed by atoms with Crippen LogP contribution in [0.1, 0.15) is 0 Å². The third kappa shape index (κ3) is 1.36. The van der Waals surface area contributed by atoms with E-state index in [4.69, 9.17) is 10.7 Å². The number of hydrogen-bond donors (Lipinski definition) is 1. The number of halogens is 2. The molecule has 2 rings (SSSR count). The van der Waals surface area contributed by atoms with Gasteiger partial charge in [0.25, 0.3) is 9.05 Å². The van der Waals surface area contributed by atoms with Crippen molar-refractivity contribution in [1.82, 2.24) is 9.97 Å². The molecule has 0 aliphatic carbocycles. The van der Waals surface area contributed by atoms with Gasteiger partial charge in [-0.25, -0.2) is 17.8 Å². The summed E-state index contributed by atoms with van der Waals surface area (Å²) in [5, 5.41) is 0. The van der Waals surface area contributed by atoms with E-state index in [-0.39, 0.29) is 15.9 Å². The summed E-state index contributed by atoms with van der Waals surface area (Å²) in [6.45, 7) is 0. The van der Waals surface area contributed by atoms with Gasteiger partial charge in [0.1, 0.15) is 10.4 Å². The minimum absolute atomic E-state index is 0.0354. The SMILES string of the molecule is O=S(=O)(Cl)c1ccc(F)c2nc[nH]c12. The molecule has 0 saturated carbocycles. The maximum absolute atomic E-state index is 13.1. The first-order chi connectivity index (χ1) is 6.50. The predicted molar refractivity (Wildman–Crippen MR) is 49.1 cm³/mol. The van der Waals surface area contributed by atoms with Gasteiger partial charge in [0.2, 0.25) is 0 Å². The Morgan fingerprint density at radius 3 is 2.79 bits per heavy atom. The van der Waals surface area contributed by atoms with Crippen molar-refractivity contribution in [3.05, 3.63) is 24.3 Å². The van der Waals surface area contributed by atoms with Crippen LogP contribution < -0.4 is 0 Å². The van der Waals surface area contributed by atoms with Crippen LogP contribution in [0, 0.1) is 5.82 Å². The van der Waals surface area contributed by atoms with Crippen LogP contribution in [0.4, 0.5) is 4.39 Å². The minimum Gasteiger partial charge on any atom is -0.343 e. The normalized spacial score (nSPS) is 12.1. The summed E-state index contributed by atoms with van der Waals surface area (Å²) in [5.41, 5.74) is 0.0479. The molecule has 0 aliphatic heterocycles. The second-order valence-electron chi connectivity index (χ2n) is 2.61. The van der Waals surface area contributed by atoms with Gasteiger partial charge in [-0.1, -0.05) is 0 Å². The van der Waals surface area contributed by atoms with E-state index < -0.39 is 14.9 Å². The van der Waals surface area contributed by atoms with Crippen LogP contribution in [0.5, 0.6) is 0 Å². The lowest BCUT2D eigenvalue weighted by Gasteiger charge is -1.97. The molecule has 0 saturated heterocycles. The van der Waals surface area contributed by atoms with Crippen molar-refractivity contribution in [3.63, 3.8) is 0 Å². The molecule has 0 spiro atoms. The van der Waals surface area contributed by atoms with Gasteiger partial charge in [0, 0.05) is 10.7 Å². The fourth-order valence-corrected chi connectivity index (χ4v) is 2.19. The van der Waals surface area contributed by atoms with Crippen LogP contribution in [0.15, 0.2) is 23.4 Å². The fourth-order valence-electron chi connectivity index (χ4n) is 1.18. The summed E-state index contributed by atoms with van der Waals surface area (Å²) in [5.74, 6) is -0.592. The van der Waals surface area contributed by atoms with Crippen LogP contribution >= 0.6 is 10.7 Å². The largest absolute Gasteiger partial charge is 0.343 e. The number of hydrogen-bond acceptors (Lipinski definition) is 3. The number of nitrogens with zero attached hydrogens (tertiary/aromatic N) is 1. The zero-order valence-corrected chi connectivity index (χ0v) is 8.23. The Bertz CT molecular complexity index is 593. The summed E-state index contributed by atoms with van der Waals surface area (Å²) in [7, 11) is 1.27. The lowest BCUT2D eigenvalue weighted by Crippen LogP contribution is -1.93. The fraction of sp³-hybridized carbons (Fsp3) is 0. The van der Waals surface area contributed by atoms with E-state index in [2.05, 4.69) is 9.97 Å². The molecule has 0 amide bonds. The van der Waals surface area contributed by atoms with Crippen LogP contribution in [-0.4, -0.2) is 18.4 Å². The van der Waals surface area contributed by atoms with Crippen LogP contribution in [0.3, 0.4) is 0 Å². The molecule has 1 aromatic carbocycles. The van der Waals surface area contributed by atoms with Crippen molar-refractivity contribution in [2.24, 2.45) is 0 Å². The Morgan fingerprint density at radius 1 is 1.43 bits per heavy atom. The van der Waals surface area contributed by atoms with Gasteiger partial charge in [-0.05, 0) is 12.1 Å². The van der Waals surface area contributed by atoms with E-state index >= 15 is 0 Å². The summed E-state index contributed by atoms with van der Waals surface area (Å²) in [6, 6.07) is 2.11. The Hall–Kier alpha value is -1.14. The highest BCUT2D eigenvalue weighted by molar-refractivity contribution is 8.14. The van der Waals surface area contributed by atoms with Gasteiger partial charge in [0.05, 0.1) is 11.8 Å². The van der Waals surface area contributed by atoms with Gasteiger partial charge in [-0.2, -0.15) is 0 Å². The molecule has 1 N–H and O–H groups in total. The van der Waals surface area contributed by atoms with Crippen molar-refractivity contribution in [2.45, 2.75) is 4.90 Å². The molecule has 14 heavy (non-hydrogen) atoms. The van der Waals surface area contributed by atoms with E-state index in [1.54, 1.807) is 0 Å². The highest BCUT2D eigenvalue weighted by atomic mass is 35.7. The molecule has 0 radical (unpaired) electrons. The van der Waals surface area contributed by atoms with Gasteiger partial charge < -0.3 is 4.98 Å². The number of imidazole rings is 1. The number of aromatic nitrogens is 2. The molecule has 2 aromatic rings. The van der Waals surface area contributed by atoms with Gasteiger partial charge in [0.15, 0.2) is 5.82 Å². The summed E-state index contributed by atoms with van der Waals surface area (Å²) >= 11 is 0. The third-order valence-corrected chi connectivity index (χ3v) is 3.12. The van der Waals surface area contributed by atoms with Crippen molar-refractivity contribution in [1.29, 1.82) is 0 Å². The molecule has 0 bridgehead atoms. The van der Waals surface area contributed by atoms with E-state index in [1.165, 1.54) is 6.33 Å². The lowest BCUT2D eigenvalue weighted by atomic mass is 10.3. The lowest BCUT2D eigenvalue weighted by molar-refractivity contribution is 0.609. The summed E-state index contributed by atoms with van der Waals surface area (Å²) < 4.78 is 35.2. The maximum Gasteiger partial charge on any atom is 0.263 e.